The lowest BCUT2D eigenvalue weighted by atomic mass is 9.96. The summed E-state index contributed by atoms with van der Waals surface area (Å²) in [4.78, 5) is 26.9. The van der Waals surface area contributed by atoms with Crippen molar-refractivity contribution in [1.29, 1.82) is 5.26 Å². The van der Waals surface area contributed by atoms with Crippen molar-refractivity contribution in [1.82, 2.24) is 9.80 Å². The lowest BCUT2D eigenvalue weighted by Crippen LogP contribution is -2.43. The van der Waals surface area contributed by atoms with Crippen LogP contribution in [0.25, 0.3) is 0 Å². The van der Waals surface area contributed by atoms with E-state index in [9.17, 15) is 14.9 Å². The highest BCUT2D eigenvalue weighted by molar-refractivity contribution is 5.97. The van der Waals surface area contributed by atoms with Crippen LogP contribution in [0.1, 0.15) is 26.7 Å². The van der Waals surface area contributed by atoms with Crippen LogP contribution >= 0.6 is 0 Å². The van der Waals surface area contributed by atoms with Crippen molar-refractivity contribution in [3.63, 3.8) is 0 Å². The fraction of sp³-hybridized carbons (Fsp3) is 0.667. The minimum Gasteiger partial charge on any atom is -0.481 e. The summed E-state index contributed by atoms with van der Waals surface area (Å²) in [5, 5.41) is 18.3. The predicted molar refractivity (Wildman–Crippen MR) is 78.4 cm³/mol. The van der Waals surface area contributed by atoms with Gasteiger partial charge in [-0.2, -0.15) is 5.26 Å². The average Bonchev–Trinajstić information content (AvgIpc) is 2.44. The number of carbonyl (C=O) groups is 2. The second-order valence-electron chi connectivity index (χ2n) is 6.15. The van der Waals surface area contributed by atoms with Crippen molar-refractivity contribution < 1.29 is 14.7 Å². The summed E-state index contributed by atoms with van der Waals surface area (Å²) in [6.07, 6.45) is 2.87. The lowest BCUT2D eigenvalue weighted by molar-refractivity contribution is -0.145. The Morgan fingerprint density at radius 1 is 1.43 bits per heavy atom. The largest absolute Gasteiger partial charge is 0.481 e. The van der Waals surface area contributed by atoms with Gasteiger partial charge in [0.1, 0.15) is 11.6 Å². The molecule has 1 aliphatic heterocycles. The molecule has 1 amide bonds. The summed E-state index contributed by atoms with van der Waals surface area (Å²) >= 11 is 0. The first-order valence-corrected chi connectivity index (χ1v) is 7.01. The number of amides is 1. The minimum absolute atomic E-state index is 0.0692. The van der Waals surface area contributed by atoms with E-state index < -0.39 is 17.4 Å². The first-order chi connectivity index (χ1) is 9.69. The van der Waals surface area contributed by atoms with E-state index in [1.165, 1.54) is 4.90 Å². The molecular formula is C15H23N3O3. The molecule has 116 valence electrons. The molecule has 0 radical (unpaired) electrons. The zero-order valence-electron chi connectivity index (χ0n) is 13.1. The molecule has 6 heteroatoms. The standard InChI is InChI=1S/C15H23N3O3/c1-15(2,17(3)4)8-12(9-16)13(19)18-7-5-6-11(10-18)14(20)21/h8,11H,5-7,10H2,1-4H3,(H,20,21). The number of hydrogen-bond acceptors (Lipinski definition) is 4. The lowest BCUT2D eigenvalue weighted by Gasteiger charge is -2.32. The number of nitriles is 1. The molecule has 0 saturated carbocycles. The normalized spacial score (nSPS) is 20.3. The number of carboxylic acid groups (broad SMARTS) is 1. The third-order valence-corrected chi connectivity index (χ3v) is 4.06. The van der Waals surface area contributed by atoms with Gasteiger partial charge in [-0.05, 0) is 46.9 Å². The van der Waals surface area contributed by atoms with Crippen LogP contribution in [0.15, 0.2) is 11.6 Å². The molecule has 21 heavy (non-hydrogen) atoms. The molecule has 0 aliphatic carbocycles. The second kappa shape index (κ2) is 6.72. The van der Waals surface area contributed by atoms with Gasteiger partial charge in [0.25, 0.3) is 5.91 Å². The van der Waals surface area contributed by atoms with Gasteiger partial charge in [-0.1, -0.05) is 0 Å². The van der Waals surface area contributed by atoms with E-state index in [0.717, 1.165) is 0 Å². The number of carbonyl (C=O) groups excluding carboxylic acids is 1. The monoisotopic (exact) mass is 293 g/mol. The summed E-state index contributed by atoms with van der Waals surface area (Å²) in [7, 11) is 3.74. The third kappa shape index (κ3) is 4.30. The van der Waals surface area contributed by atoms with Gasteiger partial charge in [0.2, 0.25) is 0 Å². The number of nitrogens with zero attached hydrogens (tertiary/aromatic N) is 3. The molecule has 1 aliphatic rings. The summed E-state index contributed by atoms with van der Waals surface area (Å²) in [5.74, 6) is -1.80. The van der Waals surface area contributed by atoms with Crippen LogP contribution in [-0.2, 0) is 9.59 Å². The van der Waals surface area contributed by atoms with Crippen molar-refractivity contribution in [3.8, 4) is 6.07 Å². The van der Waals surface area contributed by atoms with Crippen LogP contribution in [0.5, 0.6) is 0 Å². The van der Waals surface area contributed by atoms with Crippen LogP contribution in [0.4, 0.5) is 0 Å². The molecule has 6 nitrogen and oxygen atoms in total. The molecule has 0 spiro atoms. The van der Waals surface area contributed by atoms with E-state index >= 15 is 0 Å². The summed E-state index contributed by atoms with van der Waals surface area (Å²) < 4.78 is 0. The molecule has 1 rings (SSSR count). The maximum atomic E-state index is 12.4. The van der Waals surface area contributed by atoms with Crippen molar-refractivity contribution in [2.24, 2.45) is 5.92 Å². The van der Waals surface area contributed by atoms with Gasteiger partial charge < -0.3 is 14.9 Å². The first kappa shape index (κ1) is 17.2. The number of rotatable bonds is 4. The van der Waals surface area contributed by atoms with E-state index in [1.54, 1.807) is 6.08 Å². The number of hydrogen-bond donors (Lipinski definition) is 1. The van der Waals surface area contributed by atoms with Gasteiger partial charge in [0.05, 0.1) is 5.92 Å². The Morgan fingerprint density at radius 2 is 2.05 bits per heavy atom. The van der Waals surface area contributed by atoms with Crippen molar-refractivity contribution in [2.75, 3.05) is 27.2 Å². The van der Waals surface area contributed by atoms with Crippen LogP contribution in [-0.4, -0.2) is 59.5 Å². The molecule has 1 fully saturated rings. The fourth-order valence-electron chi connectivity index (χ4n) is 2.16. The van der Waals surface area contributed by atoms with Gasteiger partial charge in [0.15, 0.2) is 0 Å². The molecule has 0 aromatic carbocycles. The molecular weight excluding hydrogens is 270 g/mol. The average molecular weight is 293 g/mol. The zero-order valence-corrected chi connectivity index (χ0v) is 13.1. The molecule has 1 heterocycles. The van der Waals surface area contributed by atoms with Crippen molar-refractivity contribution in [3.05, 3.63) is 11.6 Å². The molecule has 1 unspecified atom stereocenters. The number of carboxylic acids is 1. The third-order valence-electron chi connectivity index (χ3n) is 4.06. The van der Waals surface area contributed by atoms with Gasteiger partial charge in [-0.15, -0.1) is 0 Å². The van der Waals surface area contributed by atoms with E-state index in [2.05, 4.69) is 0 Å². The minimum atomic E-state index is -0.886. The second-order valence-corrected chi connectivity index (χ2v) is 6.15. The van der Waals surface area contributed by atoms with Gasteiger partial charge in [-0.25, -0.2) is 0 Å². The van der Waals surface area contributed by atoms with Crippen LogP contribution in [0.2, 0.25) is 0 Å². The zero-order chi connectivity index (χ0) is 16.2. The maximum Gasteiger partial charge on any atom is 0.308 e. The molecule has 1 atom stereocenters. The molecule has 1 N–H and O–H groups in total. The highest BCUT2D eigenvalue weighted by Gasteiger charge is 2.30. The van der Waals surface area contributed by atoms with Crippen LogP contribution in [0.3, 0.4) is 0 Å². The van der Waals surface area contributed by atoms with E-state index in [0.29, 0.717) is 19.4 Å². The van der Waals surface area contributed by atoms with Gasteiger partial charge in [0, 0.05) is 18.6 Å². The van der Waals surface area contributed by atoms with E-state index in [4.69, 9.17) is 5.11 Å². The van der Waals surface area contributed by atoms with E-state index in [-0.39, 0.29) is 18.0 Å². The highest BCUT2D eigenvalue weighted by Crippen LogP contribution is 2.20. The predicted octanol–water partition coefficient (Wildman–Crippen LogP) is 1.10. The topological polar surface area (TPSA) is 84.6 Å². The Kier molecular flexibility index (Phi) is 5.50. The summed E-state index contributed by atoms with van der Waals surface area (Å²) in [6, 6.07) is 1.95. The summed E-state index contributed by atoms with van der Waals surface area (Å²) in [6.45, 7) is 4.50. The number of likely N-dealkylation sites (N-methyl/N-ethyl adjacent to an activating group) is 1. The van der Waals surface area contributed by atoms with Crippen LogP contribution < -0.4 is 0 Å². The Bertz CT molecular complexity index is 489. The van der Waals surface area contributed by atoms with Crippen LogP contribution in [0, 0.1) is 17.2 Å². The number of piperidine rings is 1. The Hall–Kier alpha value is -1.87. The molecule has 1 saturated heterocycles. The quantitative estimate of drug-likeness (QED) is 0.620. The Morgan fingerprint density at radius 3 is 2.52 bits per heavy atom. The molecule has 0 aromatic heterocycles. The maximum absolute atomic E-state index is 12.4. The number of likely N-dealkylation sites (tertiary alicyclic amines) is 1. The van der Waals surface area contributed by atoms with Gasteiger partial charge in [-0.3, -0.25) is 9.59 Å². The van der Waals surface area contributed by atoms with Crippen molar-refractivity contribution >= 4 is 11.9 Å². The first-order valence-electron chi connectivity index (χ1n) is 7.01. The molecule has 0 aromatic rings. The summed E-state index contributed by atoms with van der Waals surface area (Å²) in [5.41, 5.74) is -0.359. The SMILES string of the molecule is CN(C)C(C)(C)C=C(C#N)C(=O)N1CCCC(C(=O)O)C1. The van der Waals surface area contributed by atoms with E-state index in [1.807, 2.05) is 38.9 Å². The highest BCUT2D eigenvalue weighted by atomic mass is 16.4. The Balaban J connectivity index is 2.92. The van der Waals surface area contributed by atoms with Gasteiger partial charge >= 0.3 is 5.97 Å². The van der Waals surface area contributed by atoms with Crippen molar-refractivity contribution in [2.45, 2.75) is 32.2 Å². The fourth-order valence-corrected chi connectivity index (χ4v) is 2.16. The molecule has 0 bridgehead atoms. The smallest absolute Gasteiger partial charge is 0.308 e. The Labute approximate surface area is 125 Å². The number of aliphatic carboxylic acids is 1.